The molecule has 4 aromatic carbocycles. The number of hydrogen-bond acceptors (Lipinski definition) is 6. The van der Waals surface area contributed by atoms with Gasteiger partial charge in [0.25, 0.3) is 0 Å². The van der Waals surface area contributed by atoms with Crippen LogP contribution in [0.1, 0.15) is 129 Å². The minimum Gasteiger partial charge on any atom is -0.427 e. The molecule has 0 N–H and O–H groups in total. The van der Waals surface area contributed by atoms with Crippen molar-refractivity contribution in [3.05, 3.63) is 125 Å². The van der Waals surface area contributed by atoms with Crippen molar-refractivity contribution in [3.8, 4) is 17.2 Å². The number of benzene rings is 4. The Morgan fingerprint density at radius 3 is 1.16 bits per heavy atom. The van der Waals surface area contributed by atoms with E-state index in [9.17, 15) is 14.4 Å². The minimum absolute atomic E-state index is 0. The Morgan fingerprint density at radius 2 is 0.800 bits per heavy atom. The van der Waals surface area contributed by atoms with Gasteiger partial charge < -0.3 is 14.2 Å². The Morgan fingerprint density at radius 1 is 0.480 bits per heavy atom. The number of carbonyl (C=O) groups is 3. The summed E-state index contributed by atoms with van der Waals surface area (Å²) in [4.78, 5) is 35.3. The van der Waals surface area contributed by atoms with Crippen molar-refractivity contribution in [3.63, 3.8) is 0 Å². The smallest absolute Gasteiger partial charge is 0.343 e. The van der Waals surface area contributed by atoms with Crippen LogP contribution in [0.15, 0.2) is 97.1 Å². The van der Waals surface area contributed by atoms with Gasteiger partial charge in [-0.05, 0) is 128 Å². The molecule has 0 heterocycles. The summed E-state index contributed by atoms with van der Waals surface area (Å²) in [5.74, 6) is 3.39. The Hall–Kier alpha value is -4.71. The summed E-state index contributed by atoms with van der Waals surface area (Å²) in [7, 11) is 0. The van der Waals surface area contributed by atoms with Gasteiger partial charge >= 0.3 is 17.9 Å². The summed E-state index contributed by atoms with van der Waals surface area (Å²) in [6.45, 7) is 7.99. The third-order valence-electron chi connectivity index (χ3n) is 9.79. The van der Waals surface area contributed by atoms with Crippen LogP contribution in [0.25, 0.3) is 0 Å². The van der Waals surface area contributed by atoms with E-state index in [-0.39, 0.29) is 13.4 Å². The molecule has 50 heavy (non-hydrogen) atoms. The predicted molar refractivity (Wildman–Crippen MR) is 199 cm³/mol. The molecule has 0 unspecified atom stereocenters. The van der Waals surface area contributed by atoms with E-state index in [0.29, 0.717) is 40.2 Å². The molecule has 6 nitrogen and oxygen atoms in total. The highest BCUT2D eigenvalue weighted by molar-refractivity contribution is 5.91. The minimum atomic E-state index is -0.432. The summed E-state index contributed by atoms with van der Waals surface area (Å²) >= 11 is 0. The van der Waals surface area contributed by atoms with Crippen molar-refractivity contribution in [1.29, 1.82) is 0 Å². The van der Waals surface area contributed by atoms with Crippen LogP contribution in [-0.2, 0) is 4.79 Å². The van der Waals surface area contributed by atoms with E-state index >= 15 is 0 Å². The zero-order valence-corrected chi connectivity index (χ0v) is 29.2. The van der Waals surface area contributed by atoms with E-state index in [4.69, 9.17) is 14.2 Å². The first-order valence-electron chi connectivity index (χ1n) is 17.6. The molecule has 0 spiro atoms. The lowest BCUT2D eigenvalue weighted by Crippen LogP contribution is -2.11. The van der Waals surface area contributed by atoms with Gasteiger partial charge in [0.2, 0.25) is 0 Å². The van der Waals surface area contributed by atoms with Crippen molar-refractivity contribution in [1.82, 2.24) is 0 Å². The standard InChI is InChI=1S/C22H24O4.C21H24O2.CH4/c1-15-3-5-17(6-4-15)18-7-11-21(12-8-18)26-22(24)19-9-13-20(14-10-19)25-16(2)23;1-15-3-7-17(8-4-15)18-11-13-20(14-12-18)23-21(22)19-9-5-16(2)6-10-19;/h7-15,17H,3-6H2,1-2H3;5-6,9-15,17H,3-4,7-8H2,1-2H3;1H4. The lowest BCUT2D eigenvalue weighted by molar-refractivity contribution is -0.131. The van der Waals surface area contributed by atoms with Crippen LogP contribution in [0.3, 0.4) is 0 Å². The normalized spacial score (nSPS) is 19.8. The monoisotopic (exact) mass is 676 g/mol. The highest BCUT2D eigenvalue weighted by Crippen LogP contribution is 2.37. The largest absolute Gasteiger partial charge is 0.427 e. The van der Waals surface area contributed by atoms with Crippen LogP contribution < -0.4 is 14.2 Å². The molecule has 6 rings (SSSR count). The average molecular weight is 677 g/mol. The summed E-state index contributed by atoms with van der Waals surface area (Å²) in [6.07, 6.45) is 10.2. The van der Waals surface area contributed by atoms with Crippen LogP contribution >= 0.6 is 0 Å². The van der Waals surface area contributed by atoms with Crippen LogP contribution in [0.2, 0.25) is 0 Å². The summed E-state index contributed by atoms with van der Waals surface area (Å²) in [5, 5.41) is 0. The molecule has 2 aliphatic rings. The quantitative estimate of drug-likeness (QED) is 0.143. The lowest BCUT2D eigenvalue weighted by atomic mass is 9.79. The zero-order valence-electron chi connectivity index (χ0n) is 29.2. The fourth-order valence-electron chi connectivity index (χ4n) is 6.65. The van der Waals surface area contributed by atoms with E-state index in [1.165, 1.54) is 69.4 Å². The molecular weight excluding hydrogens is 624 g/mol. The third-order valence-corrected chi connectivity index (χ3v) is 9.79. The molecule has 0 saturated heterocycles. The molecule has 264 valence electrons. The molecule has 0 amide bonds. The summed E-state index contributed by atoms with van der Waals surface area (Å²) in [6, 6.07) is 29.7. The number of rotatable bonds is 7. The number of hydrogen-bond donors (Lipinski definition) is 0. The molecule has 0 aromatic heterocycles. The molecule has 2 aliphatic carbocycles. The maximum Gasteiger partial charge on any atom is 0.343 e. The highest BCUT2D eigenvalue weighted by Gasteiger charge is 2.21. The SMILES string of the molecule is C.CC(=O)Oc1ccc(C(=O)Oc2ccc(C3CCC(C)CC3)cc2)cc1.Cc1ccc(C(=O)Oc2ccc(C3CCC(C)CC3)cc2)cc1. The Labute approximate surface area is 298 Å². The maximum absolute atomic E-state index is 12.2. The van der Waals surface area contributed by atoms with Crippen LogP contribution in [-0.4, -0.2) is 17.9 Å². The van der Waals surface area contributed by atoms with E-state index in [2.05, 4.69) is 38.1 Å². The Bertz CT molecular complexity index is 1660. The fourth-order valence-corrected chi connectivity index (χ4v) is 6.65. The average Bonchev–Trinajstić information content (AvgIpc) is 3.10. The van der Waals surface area contributed by atoms with Gasteiger partial charge in [0.05, 0.1) is 11.1 Å². The highest BCUT2D eigenvalue weighted by atomic mass is 16.5. The molecule has 2 saturated carbocycles. The zero-order chi connectivity index (χ0) is 34.8. The summed E-state index contributed by atoms with van der Waals surface area (Å²) in [5.41, 5.74) is 4.81. The second-order valence-corrected chi connectivity index (χ2v) is 13.8. The number of aryl methyl sites for hydroxylation is 1. The first-order valence-corrected chi connectivity index (χ1v) is 17.6. The predicted octanol–water partition coefficient (Wildman–Crippen LogP) is 11.3. The molecule has 4 aromatic rings. The van der Waals surface area contributed by atoms with Crippen molar-refractivity contribution < 1.29 is 28.6 Å². The van der Waals surface area contributed by atoms with Gasteiger partial charge in [0, 0.05) is 6.92 Å². The van der Waals surface area contributed by atoms with Crippen LogP contribution in [0.5, 0.6) is 17.2 Å². The van der Waals surface area contributed by atoms with Crippen molar-refractivity contribution in [2.45, 2.75) is 98.3 Å². The molecule has 0 atom stereocenters. The van der Waals surface area contributed by atoms with Crippen molar-refractivity contribution in [2.75, 3.05) is 0 Å². The van der Waals surface area contributed by atoms with Crippen molar-refractivity contribution in [2.24, 2.45) is 11.8 Å². The van der Waals surface area contributed by atoms with Gasteiger partial charge in [0.15, 0.2) is 0 Å². The summed E-state index contributed by atoms with van der Waals surface area (Å²) < 4.78 is 15.8. The van der Waals surface area contributed by atoms with Gasteiger partial charge in [-0.3, -0.25) is 4.79 Å². The molecule has 0 bridgehead atoms. The first kappa shape index (κ1) is 38.1. The van der Waals surface area contributed by atoms with Gasteiger partial charge in [-0.25, -0.2) is 9.59 Å². The Kier molecular flexibility index (Phi) is 14.0. The number of ether oxygens (including phenoxy) is 3. The van der Waals surface area contributed by atoms with E-state index in [1.807, 2.05) is 43.3 Å². The van der Waals surface area contributed by atoms with Crippen molar-refractivity contribution >= 4 is 17.9 Å². The van der Waals surface area contributed by atoms with E-state index < -0.39 is 11.9 Å². The van der Waals surface area contributed by atoms with Gasteiger partial charge in [-0.2, -0.15) is 0 Å². The molecule has 6 heteroatoms. The van der Waals surface area contributed by atoms with Crippen LogP contribution in [0.4, 0.5) is 0 Å². The van der Waals surface area contributed by atoms with Gasteiger partial charge in [-0.1, -0.05) is 88.9 Å². The molecule has 0 aliphatic heterocycles. The second-order valence-electron chi connectivity index (χ2n) is 13.8. The molecule has 0 radical (unpaired) electrons. The van der Waals surface area contributed by atoms with E-state index in [0.717, 1.165) is 17.4 Å². The molecular formula is C44H52O6. The Balaban J connectivity index is 0.000000222. The number of carbonyl (C=O) groups excluding carboxylic acids is 3. The molecule has 2 fully saturated rings. The number of esters is 3. The first-order chi connectivity index (χ1) is 23.6. The fraction of sp³-hybridized carbons (Fsp3) is 0.386. The van der Waals surface area contributed by atoms with Gasteiger partial charge in [0.1, 0.15) is 17.2 Å². The second kappa shape index (κ2) is 18.3. The van der Waals surface area contributed by atoms with Gasteiger partial charge in [-0.15, -0.1) is 0 Å². The van der Waals surface area contributed by atoms with E-state index in [1.54, 1.807) is 36.4 Å². The lowest BCUT2D eigenvalue weighted by Gasteiger charge is -2.26. The topological polar surface area (TPSA) is 78.9 Å². The maximum atomic E-state index is 12.2. The third kappa shape index (κ3) is 11.2. The van der Waals surface area contributed by atoms with Crippen LogP contribution in [0, 0.1) is 18.8 Å².